The molecule has 0 spiro atoms. The van der Waals surface area contributed by atoms with Crippen molar-refractivity contribution in [1.82, 2.24) is 4.90 Å². The fourth-order valence-corrected chi connectivity index (χ4v) is 2.41. The van der Waals surface area contributed by atoms with Crippen molar-refractivity contribution in [1.29, 1.82) is 5.41 Å². The first-order valence-corrected chi connectivity index (χ1v) is 7.27. The molecular weight excluding hydrogens is 294 g/mol. The number of allylic oxidation sites excluding steroid dienone is 2. The van der Waals surface area contributed by atoms with Crippen LogP contribution in [0, 0.1) is 5.41 Å². The molecule has 0 aliphatic carbocycles. The van der Waals surface area contributed by atoms with Crippen LogP contribution in [0.4, 0.5) is 10.5 Å². The lowest BCUT2D eigenvalue weighted by Crippen LogP contribution is -2.51. The minimum atomic E-state index is -0.290. The second kappa shape index (κ2) is 7.00. The van der Waals surface area contributed by atoms with Crippen molar-refractivity contribution in [2.45, 2.75) is 13.8 Å². The highest BCUT2D eigenvalue weighted by Crippen LogP contribution is 2.35. The number of nitrogens with one attached hydrogen (secondary N) is 1. The highest BCUT2D eigenvalue weighted by molar-refractivity contribution is 6.24. The van der Waals surface area contributed by atoms with Crippen LogP contribution in [0.2, 0.25) is 0 Å². The van der Waals surface area contributed by atoms with Crippen LogP contribution in [0.1, 0.15) is 13.8 Å². The fourth-order valence-electron chi connectivity index (χ4n) is 2.41. The van der Waals surface area contributed by atoms with Crippen molar-refractivity contribution in [3.63, 3.8) is 0 Å². The molecule has 0 bridgehead atoms. The molecule has 0 unspecified atom stereocenters. The Morgan fingerprint density at radius 3 is 2.52 bits per heavy atom. The normalized spacial score (nSPS) is 17.3. The summed E-state index contributed by atoms with van der Waals surface area (Å²) in [7, 11) is 3.09. The van der Waals surface area contributed by atoms with Gasteiger partial charge in [-0.05, 0) is 26.0 Å². The minimum absolute atomic E-state index is 0.154. The molecule has 1 aliphatic rings. The number of ether oxygens (including phenoxy) is 2. The Bertz CT molecular complexity index is 680. The van der Waals surface area contributed by atoms with E-state index in [2.05, 4.69) is 0 Å². The Balaban J connectivity index is 2.54. The van der Waals surface area contributed by atoms with Crippen molar-refractivity contribution < 1.29 is 14.3 Å². The number of urea groups is 1. The molecule has 0 atom stereocenters. The van der Waals surface area contributed by atoms with Crippen LogP contribution in [0.15, 0.2) is 42.1 Å². The van der Waals surface area contributed by atoms with Crippen LogP contribution in [0.5, 0.6) is 11.5 Å². The average molecular weight is 315 g/mol. The molecule has 0 aromatic heterocycles. The zero-order valence-electron chi connectivity index (χ0n) is 13.8. The third kappa shape index (κ3) is 3.06. The molecule has 1 N–H and O–H groups in total. The molecule has 0 radical (unpaired) electrons. The standard InChI is InChI=1S/C17H21N3O3/c1-5-9-19-11-12(6-2)16(18)20(17(19)21)14-8-7-13(22-3)10-15(14)23-4/h5-10,18H,11H2,1-4H3/b9-5-,12-6-,18-16?. The predicted octanol–water partition coefficient (Wildman–Crippen LogP) is 3.40. The maximum absolute atomic E-state index is 12.8. The van der Waals surface area contributed by atoms with Gasteiger partial charge in [0.1, 0.15) is 17.3 Å². The van der Waals surface area contributed by atoms with Gasteiger partial charge < -0.3 is 9.47 Å². The zero-order chi connectivity index (χ0) is 17.0. The number of nitrogens with zero attached hydrogens (tertiary/aromatic N) is 2. The molecule has 1 aromatic carbocycles. The van der Waals surface area contributed by atoms with Gasteiger partial charge in [-0.3, -0.25) is 10.3 Å². The Morgan fingerprint density at radius 1 is 1.22 bits per heavy atom. The van der Waals surface area contributed by atoms with Gasteiger partial charge in [-0.2, -0.15) is 0 Å². The van der Waals surface area contributed by atoms with E-state index in [9.17, 15) is 4.79 Å². The summed E-state index contributed by atoms with van der Waals surface area (Å²) in [6, 6.07) is 4.86. The molecular formula is C17H21N3O3. The van der Waals surface area contributed by atoms with Gasteiger partial charge in [0.15, 0.2) is 0 Å². The Hall–Kier alpha value is -2.76. The largest absolute Gasteiger partial charge is 0.497 e. The van der Waals surface area contributed by atoms with Gasteiger partial charge in [0.05, 0.1) is 26.5 Å². The molecule has 1 aromatic rings. The summed E-state index contributed by atoms with van der Waals surface area (Å²) in [6.07, 6.45) is 5.35. The quantitative estimate of drug-likeness (QED) is 0.926. The number of benzene rings is 1. The summed E-state index contributed by atoms with van der Waals surface area (Å²) >= 11 is 0. The fraction of sp³-hybridized carbons (Fsp3) is 0.294. The van der Waals surface area contributed by atoms with Crippen LogP contribution in [0.25, 0.3) is 0 Å². The van der Waals surface area contributed by atoms with Gasteiger partial charge >= 0.3 is 6.03 Å². The maximum atomic E-state index is 12.8. The molecule has 23 heavy (non-hydrogen) atoms. The van der Waals surface area contributed by atoms with Gasteiger partial charge in [-0.25, -0.2) is 9.69 Å². The van der Waals surface area contributed by atoms with Crippen LogP contribution in [-0.2, 0) is 0 Å². The molecule has 1 fully saturated rings. The van der Waals surface area contributed by atoms with Crippen LogP contribution in [0.3, 0.4) is 0 Å². The summed E-state index contributed by atoms with van der Waals surface area (Å²) in [5.74, 6) is 1.25. The molecule has 2 amide bonds. The number of hydrogen-bond acceptors (Lipinski definition) is 4. The molecule has 6 heteroatoms. The van der Waals surface area contributed by atoms with Crippen molar-refractivity contribution in [3.05, 3.63) is 42.1 Å². The smallest absolute Gasteiger partial charge is 0.334 e. The molecule has 1 heterocycles. The Kier molecular flexibility index (Phi) is 5.05. The summed E-state index contributed by atoms with van der Waals surface area (Å²) in [4.78, 5) is 15.7. The molecule has 122 valence electrons. The van der Waals surface area contributed by atoms with Crippen LogP contribution in [-0.4, -0.2) is 37.5 Å². The third-order valence-corrected chi connectivity index (χ3v) is 3.61. The number of carbonyl (C=O) groups excluding carboxylic acids is 1. The van der Waals surface area contributed by atoms with E-state index in [-0.39, 0.29) is 11.9 Å². The maximum Gasteiger partial charge on any atom is 0.334 e. The number of amides is 2. The van der Waals surface area contributed by atoms with E-state index in [0.717, 1.165) is 5.57 Å². The molecule has 1 saturated heterocycles. The second-order valence-corrected chi connectivity index (χ2v) is 4.93. The number of anilines is 1. The van der Waals surface area contributed by atoms with Gasteiger partial charge in [0, 0.05) is 17.8 Å². The summed E-state index contributed by atoms with van der Waals surface area (Å²) in [5, 5.41) is 8.36. The van der Waals surface area contributed by atoms with Crippen molar-refractivity contribution in [2.75, 3.05) is 25.7 Å². The zero-order valence-corrected chi connectivity index (χ0v) is 13.8. The number of carbonyl (C=O) groups is 1. The minimum Gasteiger partial charge on any atom is -0.497 e. The first-order valence-electron chi connectivity index (χ1n) is 7.27. The highest BCUT2D eigenvalue weighted by Gasteiger charge is 2.34. The van der Waals surface area contributed by atoms with E-state index >= 15 is 0 Å². The third-order valence-electron chi connectivity index (χ3n) is 3.61. The van der Waals surface area contributed by atoms with Crippen molar-refractivity contribution >= 4 is 17.6 Å². The van der Waals surface area contributed by atoms with Gasteiger partial charge in [0.2, 0.25) is 0 Å². The van der Waals surface area contributed by atoms with E-state index in [1.807, 2.05) is 19.9 Å². The van der Waals surface area contributed by atoms with E-state index < -0.39 is 0 Å². The monoisotopic (exact) mass is 315 g/mol. The number of hydrogen-bond donors (Lipinski definition) is 1. The Morgan fingerprint density at radius 2 is 1.96 bits per heavy atom. The summed E-state index contributed by atoms with van der Waals surface area (Å²) in [6.45, 7) is 4.09. The van der Waals surface area contributed by atoms with Crippen molar-refractivity contribution in [2.24, 2.45) is 0 Å². The molecule has 2 rings (SSSR count). The van der Waals surface area contributed by atoms with Crippen LogP contribution >= 0.6 is 0 Å². The lowest BCUT2D eigenvalue weighted by atomic mass is 10.1. The van der Waals surface area contributed by atoms with Crippen molar-refractivity contribution in [3.8, 4) is 11.5 Å². The van der Waals surface area contributed by atoms with E-state index in [1.165, 1.54) is 12.0 Å². The second-order valence-electron chi connectivity index (χ2n) is 4.93. The SMILES string of the molecule is C/C=C\N1C/C(=C/C)C(=N)N(c2ccc(OC)cc2OC)C1=O. The highest BCUT2D eigenvalue weighted by atomic mass is 16.5. The van der Waals surface area contributed by atoms with Gasteiger partial charge in [0.25, 0.3) is 0 Å². The number of rotatable bonds is 4. The van der Waals surface area contributed by atoms with Gasteiger partial charge in [-0.1, -0.05) is 12.2 Å². The average Bonchev–Trinajstić information content (AvgIpc) is 2.57. The summed E-state index contributed by atoms with van der Waals surface area (Å²) < 4.78 is 10.6. The lowest BCUT2D eigenvalue weighted by molar-refractivity contribution is 0.225. The van der Waals surface area contributed by atoms with Gasteiger partial charge in [-0.15, -0.1) is 0 Å². The topological polar surface area (TPSA) is 65.9 Å². The summed E-state index contributed by atoms with van der Waals surface area (Å²) in [5.41, 5.74) is 1.28. The first-order chi connectivity index (χ1) is 11.1. The molecule has 6 nitrogen and oxygen atoms in total. The lowest BCUT2D eigenvalue weighted by Gasteiger charge is -2.36. The number of methoxy groups -OCH3 is 2. The number of amidine groups is 1. The first kappa shape index (κ1) is 16.6. The van der Waals surface area contributed by atoms with E-state index in [4.69, 9.17) is 14.9 Å². The van der Waals surface area contributed by atoms with E-state index in [0.29, 0.717) is 23.7 Å². The predicted molar refractivity (Wildman–Crippen MR) is 90.4 cm³/mol. The Labute approximate surface area is 136 Å². The molecule has 0 saturated carbocycles. The van der Waals surface area contributed by atoms with E-state index in [1.54, 1.807) is 42.5 Å². The van der Waals surface area contributed by atoms with Crippen LogP contribution < -0.4 is 14.4 Å². The molecule has 1 aliphatic heterocycles.